The Labute approximate surface area is 252 Å². The van der Waals surface area contributed by atoms with Crippen molar-refractivity contribution in [3.05, 3.63) is 94.0 Å². The third-order valence-corrected chi connectivity index (χ3v) is 9.66. The summed E-state index contributed by atoms with van der Waals surface area (Å²) in [6, 6.07) is 19.2. The van der Waals surface area contributed by atoms with Gasteiger partial charge in [0, 0.05) is 22.6 Å². The molecule has 4 rings (SSSR count). The van der Waals surface area contributed by atoms with E-state index in [1.807, 2.05) is 6.92 Å². The predicted molar refractivity (Wildman–Crippen MR) is 164 cm³/mol. The Morgan fingerprint density at radius 2 is 1.59 bits per heavy atom. The van der Waals surface area contributed by atoms with E-state index >= 15 is 0 Å². The summed E-state index contributed by atoms with van der Waals surface area (Å²) in [5.74, 6) is -0.745. The number of anilines is 1. The second kappa shape index (κ2) is 13.7. The lowest BCUT2D eigenvalue weighted by molar-refractivity contribution is -0.140. The van der Waals surface area contributed by atoms with E-state index in [4.69, 9.17) is 23.2 Å². The third kappa shape index (κ3) is 7.61. The number of nitrogens with zero attached hydrogens (tertiary/aromatic N) is 2. The maximum Gasteiger partial charge on any atom is 0.264 e. The van der Waals surface area contributed by atoms with Gasteiger partial charge in [-0.1, -0.05) is 79.4 Å². The van der Waals surface area contributed by atoms with E-state index in [0.717, 1.165) is 35.6 Å². The molecule has 10 heteroatoms. The van der Waals surface area contributed by atoms with Gasteiger partial charge in [0.05, 0.1) is 10.6 Å². The molecular formula is C31H35Cl2N3O4S. The van der Waals surface area contributed by atoms with Crippen molar-refractivity contribution < 1.29 is 18.0 Å². The Kier molecular flexibility index (Phi) is 10.3. The Bertz CT molecular complexity index is 1460. The van der Waals surface area contributed by atoms with Gasteiger partial charge < -0.3 is 10.2 Å². The molecule has 0 saturated heterocycles. The number of carbonyl (C=O) groups is 2. The van der Waals surface area contributed by atoms with Gasteiger partial charge >= 0.3 is 0 Å². The van der Waals surface area contributed by atoms with Crippen LogP contribution in [0.15, 0.2) is 77.7 Å². The molecule has 0 radical (unpaired) electrons. The number of carbonyl (C=O) groups excluding carboxylic acids is 2. The van der Waals surface area contributed by atoms with Gasteiger partial charge in [-0.25, -0.2) is 8.42 Å². The van der Waals surface area contributed by atoms with E-state index in [9.17, 15) is 18.0 Å². The largest absolute Gasteiger partial charge is 0.352 e. The van der Waals surface area contributed by atoms with Crippen molar-refractivity contribution in [3.8, 4) is 0 Å². The summed E-state index contributed by atoms with van der Waals surface area (Å²) in [7, 11) is -4.16. The lowest BCUT2D eigenvalue weighted by Gasteiger charge is -2.34. The Morgan fingerprint density at radius 3 is 2.22 bits per heavy atom. The molecule has 218 valence electrons. The van der Waals surface area contributed by atoms with Crippen LogP contribution in [-0.2, 0) is 26.2 Å². The highest BCUT2D eigenvalue weighted by Crippen LogP contribution is 2.30. The van der Waals surface area contributed by atoms with Gasteiger partial charge in [-0.05, 0) is 73.7 Å². The van der Waals surface area contributed by atoms with Crippen molar-refractivity contribution in [2.75, 3.05) is 10.8 Å². The number of rotatable bonds is 11. The summed E-state index contributed by atoms with van der Waals surface area (Å²) in [6.45, 7) is 3.21. The van der Waals surface area contributed by atoms with Gasteiger partial charge in [0.15, 0.2) is 0 Å². The van der Waals surface area contributed by atoms with Gasteiger partial charge in [-0.15, -0.1) is 0 Å². The minimum atomic E-state index is -4.16. The fourth-order valence-electron chi connectivity index (χ4n) is 5.16. The molecule has 1 unspecified atom stereocenters. The minimum Gasteiger partial charge on any atom is -0.352 e. The van der Waals surface area contributed by atoms with E-state index < -0.39 is 28.5 Å². The van der Waals surface area contributed by atoms with Crippen LogP contribution in [0.2, 0.25) is 10.0 Å². The van der Waals surface area contributed by atoms with Crippen LogP contribution < -0.4 is 9.62 Å². The molecule has 1 N–H and O–H groups in total. The summed E-state index contributed by atoms with van der Waals surface area (Å²) in [5, 5.41) is 4.00. The lowest BCUT2D eigenvalue weighted by Crippen LogP contribution is -2.53. The molecule has 0 bridgehead atoms. The first-order chi connectivity index (χ1) is 19.6. The molecule has 1 fully saturated rings. The van der Waals surface area contributed by atoms with Gasteiger partial charge in [-0.2, -0.15) is 0 Å². The van der Waals surface area contributed by atoms with Crippen molar-refractivity contribution in [1.29, 1.82) is 0 Å². The fourth-order valence-corrected chi connectivity index (χ4v) is 6.94. The Morgan fingerprint density at radius 1 is 0.951 bits per heavy atom. The highest BCUT2D eigenvalue weighted by atomic mass is 35.5. The zero-order chi connectivity index (χ0) is 29.6. The second-order valence-corrected chi connectivity index (χ2v) is 13.1. The summed E-state index contributed by atoms with van der Waals surface area (Å²) >= 11 is 12.4. The first-order valence-electron chi connectivity index (χ1n) is 13.8. The van der Waals surface area contributed by atoms with Crippen LogP contribution in [0.1, 0.15) is 50.2 Å². The summed E-state index contributed by atoms with van der Waals surface area (Å²) < 4.78 is 29.0. The van der Waals surface area contributed by atoms with Gasteiger partial charge in [0.2, 0.25) is 11.8 Å². The highest BCUT2D eigenvalue weighted by molar-refractivity contribution is 7.92. The van der Waals surface area contributed by atoms with Crippen LogP contribution in [0.25, 0.3) is 0 Å². The van der Waals surface area contributed by atoms with E-state index in [2.05, 4.69) is 5.32 Å². The summed E-state index contributed by atoms with van der Waals surface area (Å²) in [5.41, 5.74) is 1.70. The van der Waals surface area contributed by atoms with Crippen molar-refractivity contribution in [3.63, 3.8) is 0 Å². The molecule has 0 spiro atoms. The molecule has 7 nitrogen and oxygen atoms in total. The van der Waals surface area contributed by atoms with E-state index in [1.165, 1.54) is 23.1 Å². The van der Waals surface area contributed by atoms with Crippen LogP contribution in [0.5, 0.6) is 0 Å². The summed E-state index contributed by atoms with van der Waals surface area (Å²) in [4.78, 5) is 29.2. The SMILES string of the molecule is CCC(C(=O)NC1CCCC1)N(Cc1ccc(Cl)cc1)C(=O)CN(c1cc(Cl)ccc1C)S(=O)(=O)c1ccccc1. The molecule has 1 aliphatic carbocycles. The van der Waals surface area contributed by atoms with Crippen molar-refractivity contribution in [2.45, 2.75) is 69.5 Å². The van der Waals surface area contributed by atoms with Crippen LogP contribution in [0.3, 0.4) is 0 Å². The van der Waals surface area contributed by atoms with Crippen molar-refractivity contribution >= 4 is 50.7 Å². The zero-order valence-corrected chi connectivity index (χ0v) is 25.6. The Balaban J connectivity index is 1.73. The molecule has 1 aliphatic rings. The standard InChI is InChI=1S/C31H35Cl2N3O4S/c1-3-28(31(38)34-26-9-7-8-10-26)35(20-23-14-17-24(32)18-15-23)30(37)21-36(29-19-25(33)16-13-22(29)2)41(39,40)27-11-5-4-6-12-27/h4-6,11-19,26,28H,3,7-10,20-21H2,1-2H3,(H,34,38). The maximum atomic E-state index is 14.2. The molecular weight excluding hydrogens is 581 g/mol. The van der Waals surface area contributed by atoms with Crippen LogP contribution in [-0.4, -0.2) is 43.8 Å². The number of sulfonamides is 1. The predicted octanol–water partition coefficient (Wildman–Crippen LogP) is 6.36. The van der Waals surface area contributed by atoms with Gasteiger partial charge in [-0.3, -0.25) is 13.9 Å². The van der Waals surface area contributed by atoms with Gasteiger partial charge in [0.1, 0.15) is 12.6 Å². The molecule has 3 aromatic carbocycles. The number of halogens is 2. The molecule has 41 heavy (non-hydrogen) atoms. The smallest absolute Gasteiger partial charge is 0.264 e. The van der Waals surface area contributed by atoms with E-state index in [1.54, 1.807) is 61.5 Å². The number of hydrogen-bond acceptors (Lipinski definition) is 4. The van der Waals surface area contributed by atoms with Gasteiger partial charge in [0.25, 0.3) is 10.0 Å². The topological polar surface area (TPSA) is 86.8 Å². The average molecular weight is 617 g/mol. The average Bonchev–Trinajstić information content (AvgIpc) is 3.47. The number of hydrogen-bond donors (Lipinski definition) is 1. The molecule has 2 amide bonds. The zero-order valence-electron chi connectivity index (χ0n) is 23.2. The van der Waals surface area contributed by atoms with E-state index in [0.29, 0.717) is 27.7 Å². The molecule has 0 aromatic heterocycles. The molecule has 0 aliphatic heterocycles. The number of aryl methyl sites for hydroxylation is 1. The lowest BCUT2D eigenvalue weighted by atomic mass is 10.1. The maximum absolute atomic E-state index is 14.2. The highest BCUT2D eigenvalue weighted by Gasteiger charge is 2.35. The molecule has 3 aromatic rings. The Hall–Kier alpha value is -3.07. The normalized spacial score (nSPS) is 14.4. The monoisotopic (exact) mass is 615 g/mol. The second-order valence-electron chi connectivity index (χ2n) is 10.3. The van der Waals surface area contributed by atoms with Crippen LogP contribution in [0, 0.1) is 6.92 Å². The van der Waals surface area contributed by atoms with Crippen molar-refractivity contribution in [2.24, 2.45) is 0 Å². The fraction of sp³-hybridized carbons (Fsp3) is 0.355. The first-order valence-corrected chi connectivity index (χ1v) is 16.0. The van der Waals surface area contributed by atoms with Crippen LogP contribution in [0.4, 0.5) is 5.69 Å². The third-order valence-electron chi connectivity index (χ3n) is 7.40. The minimum absolute atomic E-state index is 0.0439. The molecule has 0 heterocycles. The molecule has 1 atom stereocenters. The summed E-state index contributed by atoms with van der Waals surface area (Å²) in [6.07, 6.45) is 4.29. The quantitative estimate of drug-likeness (QED) is 0.272. The number of amides is 2. The van der Waals surface area contributed by atoms with Crippen LogP contribution >= 0.6 is 23.2 Å². The van der Waals surface area contributed by atoms with E-state index in [-0.39, 0.29) is 23.4 Å². The number of benzene rings is 3. The first kappa shape index (κ1) is 30.9. The molecule has 1 saturated carbocycles. The number of nitrogens with one attached hydrogen (secondary N) is 1. The van der Waals surface area contributed by atoms with Crippen molar-refractivity contribution in [1.82, 2.24) is 10.2 Å².